The minimum atomic E-state index is 0.620. The first-order valence-corrected chi connectivity index (χ1v) is 6.80. The predicted molar refractivity (Wildman–Crippen MR) is 66.7 cm³/mol. The van der Waals surface area contributed by atoms with Gasteiger partial charge in [0.25, 0.3) is 0 Å². The Balaban J connectivity index is 1.90. The van der Waals surface area contributed by atoms with Gasteiger partial charge in [0.05, 0.1) is 0 Å². The fourth-order valence-electron chi connectivity index (χ4n) is 2.58. The number of fused-ring (bicyclic) bond motifs is 1. The van der Waals surface area contributed by atoms with E-state index in [1.807, 2.05) is 6.07 Å². The third-order valence-electron chi connectivity index (χ3n) is 3.43. The highest BCUT2D eigenvalue weighted by Crippen LogP contribution is 2.42. The number of hydrogen-bond donors (Lipinski definition) is 0. The minimum absolute atomic E-state index is 0.620. The van der Waals surface area contributed by atoms with Gasteiger partial charge in [0.2, 0.25) is 0 Å². The lowest BCUT2D eigenvalue weighted by atomic mass is 9.97. The fourth-order valence-corrected chi connectivity index (χ4v) is 3.47. The van der Waals surface area contributed by atoms with Crippen LogP contribution in [-0.2, 0) is 0 Å². The second-order valence-electron chi connectivity index (χ2n) is 4.46. The van der Waals surface area contributed by atoms with Gasteiger partial charge in [0.15, 0.2) is 11.5 Å². The van der Waals surface area contributed by atoms with Gasteiger partial charge in [-0.3, -0.25) is 0 Å². The monoisotopic (exact) mass is 282 g/mol. The van der Waals surface area contributed by atoms with Crippen molar-refractivity contribution in [3.63, 3.8) is 0 Å². The Bertz CT molecular complexity index is 392. The molecule has 1 aliphatic heterocycles. The van der Waals surface area contributed by atoms with Crippen molar-refractivity contribution in [1.29, 1.82) is 0 Å². The maximum atomic E-state index is 5.62. The normalized spacial score (nSPS) is 28.1. The molecule has 2 nitrogen and oxygen atoms in total. The van der Waals surface area contributed by atoms with Gasteiger partial charge in [-0.05, 0) is 36.5 Å². The summed E-state index contributed by atoms with van der Waals surface area (Å²) >= 11 is 3.77. The van der Waals surface area contributed by atoms with E-state index in [1.165, 1.54) is 24.8 Å². The Morgan fingerprint density at radius 1 is 1.06 bits per heavy atom. The predicted octanol–water partition coefficient (Wildman–Crippen LogP) is 3.49. The molecule has 1 aromatic carbocycles. The second kappa shape index (κ2) is 4.28. The van der Waals surface area contributed by atoms with Crippen molar-refractivity contribution in [2.45, 2.75) is 30.0 Å². The maximum absolute atomic E-state index is 5.62. The average Bonchev–Trinajstić information content (AvgIpc) is 2.75. The van der Waals surface area contributed by atoms with E-state index >= 15 is 0 Å². The zero-order chi connectivity index (χ0) is 11.0. The zero-order valence-electron chi connectivity index (χ0n) is 9.12. The summed E-state index contributed by atoms with van der Waals surface area (Å²) in [6.07, 6.45) is 3.86. The van der Waals surface area contributed by atoms with Crippen molar-refractivity contribution in [2.24, 2.45) is 0 Å². The van der Waals surface area contributed by atoms with Gasteiger partial charge in [-0.15, -0.1) is 0 Å². The quantitative estimate of drug-likeness (QED) is 0.734. The molecule has 2 atom stereocenters. The molecule has 0 saturated heterocycles. The number of ether oxygens (including phenoxy) is 2. The standard InChI is InChI=1S/C13H15BrO2/c14-11-3-1-2-10(11)9-4-5-12-13(8-9)16-7-6-15-12/h4-5,8,10-11H,1-3,6-7H2. The van der Waals surface area contributed by atoms with Gasteiger partial charge in [-0.25, -0.2) is 0 Å². The van der Waals surface area contributed by atoms with Crippen molar-refractivity contribution in [3.05, 3.63) is 23.8 Å². The topological polar surface area (TPSA) is 18.5 Å². The van der Waals surface area contributed by atoms with E-state index in [1.54, 1.807) is 0 Å². The summed E-state index contributed by atoms with van der Waals surface area (Å²) in [4.78, 5) is 0.620. The van der Waals surface area contributed by atoms with E-state index in [4.69, 9.17) is 9.47 Å². The molecule has 16 heavy (non-hydrogen) atoms. The summed E-state index contributed by atoms with van der Waals surface area (Å²) < 4.78 is 11.1. The maximum Gasteiger partial charge on any atom is 0.161 e. The van der Waals surface area contributed by atoms with Gasteiger partial charge in [-0.1, -0.05) is 28.4 Å². The number of hydrogen-bond acceptors (Lipinski definition) is 2. The van der Waals surface area contributed by atoms with Crippen LogP contribution in [0.15, 0.2) is 18.2 Å². The summed E-state index contributed by atoms with van der Waals surface area (Å²) in [6, 6.07) is 6.37. The van der Waals surface area contributed by atoms with E-state index in [2.05, 4.69) is 28.1 Å². The number of halogens is 1. The van der Waals surface area contributed by atoms with Crippen LogP contribution in [0.5, 0.6) is 11.5 Å². The Morgan fingerprint density at radius 2 is 1.88 bits per heavy atom. The Kier molecular flexibility index (Phi) is 2.80. The average molecular weight is 283 g/mol. The van der Waals surface area contributed by atoms with Crippen LogP contribution < -0.4 is 9.47 Å². The molecule has 0 N–H and O–H groups in total. The third-order valence-corrected chi connectivity index (χ3v) is 4.52. The summed E-state index contributed by atoms with van der Waals surface area (Å²) in [5, 5.41) is 0. The van der Waals surface area contributed by atoms with Crippen LogP contribution in [0.3, 0.4) is 0 Å². The smallest absolute Gasteiger partial charge is 0.161 e. The Labute approximate surface area is 104 Å². The molecule has 1 fully saturated rings. The van der Waals surface area contributed by atoms with Gasteiger partial charge in [-0.2, -0.15) is 0 Å². The molecule has 86 valence electrons. The lowest BCUT2D eigenvalue weighted by molar-refractivity contribution is 0.171. The zero-order valence-corrected chi connectivity index (χ0v) is 10.7. The van der Waals surface area contributed by atoms with Crippen LogP contribution in [0.1, 0.15) is 30.7 Å². The van der Waals surface area contributed by atoms with E-state index < -0.39 is 0 Å². The molecular weight excluding hydrogens is 268 g/mol. The molecular formula is C13H15BrO2. The number of rotatable bonds is 1. The first-order valence-electron chi connectivity index (χ1n) is 5.88. The highest BCUT2D eigenvalue weighted by Gasteiger charge is 2.27. The largest absolute Gasteiger partial charge is 0.486 e. The highest BCUT2D eigenvalue weighted by atomic mass is 79.9. The minimum Gasteiger partial charge on any atom is -0.486 e. The molecule has 0 aromatic heterocycles. The van der Waals surface area contributed by atoms with Gasteiger partial charge >= 0.3 is 0 Å². The molecule has 1 aromatic rings. The molecule has 0 spiro atoms. The van der Waals surface area contributed by atoms with Crippen molar-refractivity contribution in [3.8, 4) is 11.5 Å². The molecule has 3 heteroatoms. The van der Waals surface area contributed by atoms with Crippen molar-refractivity contribution in [2.75, 3.05) is 13.2 Å². The summed E-state index contributed by atoms with van der Waals surface area (Å²) in [7, 11) is 0. The lowest BCUT2D eigenvalue weighted by Gasteiger charge is -2.21. The third kappa shape index (κ3) is 1.81. The fraction of sp³-hybridized carbons (Fsp3) is 0.538. The van der Waals surface area contributed by atoms with Crippen molar-refractivity contribution >= 4 is 15.9 Å². The van der Waals surface area contributed by atoms with Crippen LogP contribution in [0.25, 0.3) is 0 Å². The lowest BCUT2D eigenvalue weighted by Crippen LogP contribution is -2.16. The summed E-state index contributed by atoms with van der Waals surface area (Å²) in [6.45, 7) is 1.33. The number of alkyl halides is 1. The van der Waals surface area contributed by atoms with E-state index in [0.29, 0.717) is 24.0 Å². The van der Waals surface area contributed by atoms with Crippen LogP contribution in [0.2, 0.25) is 0 Å². The molecule has 1 aliphatic carbocycles. The number of benzene rings is 1. The second-order valence-corrected chi connectivity index (χ2v) is 5.63. The molecule has 2 unspecified atom stereocenters. The molecule has 2 aliphatic rings. The first-order chi connectivity index (χ1) is 7.84. The van der Waals surface area contributed by atoms with Crippen LogP contribution in [0, 0.1) is 0 Å². The summed E-state index contributed by atoms with van der Waals surface area (Å²) in [5.41, 5.74) is 1.38. The summed E-state index contributed by atoms with van der Waals surface area (Å²) in [5.74, 6) is 2.44. The van der Waals surface area contributed by atoms with Gasteiger partial charge < -0.3 is 9.47 Å². The van der Waals surface area contributed by atoms with Crippen molar-refractivity contribution in [1.82, 2.24) is 0 Å². The molecule has 0 amide bonds. The molecule has 3 rings (SSSR count). The molecule has 0 radical (unpaired) electrons. The first kappa shape index (κ1) is 10.5. The molecule has 1 saturated carbocycles. The van der Waals surface area contributed by atoms with Crippen molar-refractivity contribution < 1.29 is 9.47 Å². The van der Waals surface area contributed by atoms with Crippen LogP contribution in [-0.4, -0.2) is 18.0 Å². The molecule has 0 bridgehead atoms. The van der Waals surface area contributed by atoms with E-state index in [9.17, 15) is 0 Å². The van der Waals surface area contributed by atoms with E-state index in [0.717, 1.165) is 11.5 Å². The Hall–Kier alpha value is -0.700. The highest BCUT2D eigenvalue weighted by molar-refractivity contribution is 9.09. The van der Waals surface area contributed by atoms with Gasteiger partial charge in [0, 0.05) is 4.83 Å². The van der Waals surface area contributed by atoms with Crippen LogP contribution in [0.4, 0.5) is 0 Å². The van der Waals surface area contributed by atoms with Crippen LogP contribution >= 0.6 is 15.9 Å². The Morgan fingerprint density at radius 3 is 2.62 bits per heavy atom. The van der Waals surface area contributed by atoms with Gasteiger partial charge in [0.1, 0.15) is 13.2 Å². The molecule has 1 heterocycles. The van der Waals surface area contributed by atoms with E-state index in [-0.39, 0.29) is 0 Å². The SMILES string of the molecule is BrC1CCCC1c1ccc2c(c1)OCCO2.